The maximum absolute atomic E-state index is 12.9. The summed E-state index contributed by atoms with van der Waals surface area (Å²) in [4.78, 5) is 10.9. The Balaban J connectivity index is 2.21. The zero-order valence-corrected chi connectivity index (χ0v) is 10.8. The van der Waals surface area contributed by atoms with Gasteiger partial charge in [0.1, 0.15) is 17.3 Å². The van der Waals surface area contributed by atoms with E-state index in [1.165, 1.54) is 18.2 Å². The van der Waals surface area contributed by atoms with E-state index in [4.69, 9.17) is 10.5 Å². The zero-order valence-electron chi connectivity index (χ0n) is 9.19. The van der Waals surface area contributed by atoms with Gasteiger partial charge in [0.15, 0.2) is 0 Å². The standard InChI is InChI=1S/C13H9BrFNO2/c14-11-7-9(15)3-6-12(11)18-10-4-1-8(2-5-10)13(16)17/h1-7H,(H2,16,17). The molecular weight excluding hydrogens is 301 g/mol. The van der Waals surface area contributed by atoms with E-state index in [2.05, 4.69) is 15.9 Å². The Morgan fingerprint density at radius 1 is 1.17 bits per heavy atom. The number of hydrogen-bond donors (Lipinski definition) is 1. The molecule has 0 saturated heterocycles. The van der Waals surface area contributed by atoms with Gasteiger partial charge in [-0.15, -0.1) is 0 Å². The molecular formula is C13H9BrFNO2. The Morgan fingerprint density at radius 2 is 1.83 bits per heavy atom. The van der Waals surface area contributed by atoms with Gasteiger partial charge >= 0.3 is 0 Å². The molecule has 0 fully saturated rings. The second-order valence-electron chi connectivity index (χ2n) is 3.57. The number of ether oxygens (including phenoxy) is 1. The number of primary amides is 1. The molecule has 92 valence electrons. The Morgan fingerprint density at radius 3 is 2.39 bits per heavy atom. The van der Waals surface area contributed by atoms with Gasteiger partial charge in [0.2, 0.25) is 5.91 Å². The van der Waals surface area contributed by atoms with Crippen LogP contribution in [-0.4, -0.2) is 5.91 Å². The summed E-state index contributed by atoms with van der Waals surface area (Å²) in [6.45, 7) is 0. The summed E-state index contributed by atoms with van der Waals surface area (Å²) >= 11 is 3.20. The smallest absolute Gasteiger partial charge is 0.248 e. The molecule has 0 bridgehead atoms. The van der Waals surface area contributed by atoms with Crippen LogP contribution in [0.5, 0.6) is 11.5 Å². The summed E-state index contributed by atoms with van der Waals surface area (Å²) in [6, 6.07) is 10.5. The van der Waals surface area contributed by atoms with Crippen molar-refractivity contribution >= 4 is 21.8 Å². The first-order valence-corrected chi connectivity index (χ1v) is 5.88. The van der Waals surface area contributed by atoms with Crippen LogP contribution in [0.2, 0.25) is 0 Å². The van der Waals surface area contributed by atoms with E-state index in [1.54, 1.807) is 24.3 Å². The van der Waals surface area contributed by atoms with Crippen LogP contribution < -0.4 is 10.5 Å². The van der Waals surface area contributed by atoms with Crippen LogP contribution in [0.25, 0.3) is 0 Å². The van der Waals surface area contributed by atoms with E-state index in [0.717, 1.165) is 0 Å². The average Bonchev–Trinajstić information content (AvgIpc) is 2.33. The number of halogens is 2. The molecule has 2 aromatic carbocycles. The lowest BCUT2D eigenvalue weighted by molar-refractivity contribution is 0.100. The Hall–Kier alpha value is -1.88. The van der Waals surface area contributed by atoms with Crippen LogP contribution in [0.3, 0.4) is 0 Å². The SMILES string of the molecule is NC(=O)c1ccc(Oc2ccc(F)cc2Br)cc1. The number of benzene rings is 2. The topological polar surface area (TPSA) is 52.3 Å². The molecule has 0 spiro atoms. The third kappa shape index (κ3) is 2.87. The predicted octanol–water partition coefficient (Wildman–Crippen LogP) is 3.48. The maximum atomic E-state index is 12.9. The normalized spacial score (nSPS) is 10.1. The van der Waals surface area contributed by atoms with Crippen LogP contribution in [0.15, 0.2) is 46.9 Å². The van der Waals surface area contributed by atoms with Crippen molar-refractivity contribution in [1.82, 2.24) is 0 Å². The van der Waals surface area contributed by atoms with Crippen LogP contribution in [0.4, 0.5) is 4.39 Å². The molecule has 0 atom stereocenters. The summed E-state index contributed by atoms with van der Waals surface area (Å²) in [7, 11) is 0. The highest BCUT2D eigenvalue weighted by Crippen LogP contribution is 2.30. The Labute approximate surface area is 112 Å². The highest BCUT2D eigenvalue weighted by atomic mass is 79.9. The van der Waals surface area contributed by atoms with Crippen LogP contribution in [-0.2, 0) is 0 Å². The quantitative estimate of drug-likeness (QED) is 0.943. The number of nitrogens with two attached hydrogens (primary N) is 1. The van der Waals surface area contributed by atoms with Gasteiger partial charge in [-0.2, -0.15) is 0 Å². The lowest BCUT2D eigenvalue weighted by atomic mass is 10.2. The van der Waals surface area contributed by atoms with Crippen molar-refractivity contribution in [2.24, 2.45) is 5.73 Å². The summed E-state index contributed by atoms with van der Waals surface area (Å²) in [6.07, 6.45) is 0. The van der Waals surface area contributed by atoms with Gasteiger partial charge in [-0.1, -0.05) is 0 Å². The monoisotopic (exact) mass is 309 g/mol. The van der Waals surface area contributed by atoms with Gasteiger partial charge in [-0.05, 0) is 58.4 Å². The van der Waals surface area contributed by atoms with Crippen LogP contribution in [0.1, 0.15) is 10.4 Å². The number of hydrogen-bond acceptors (Lipinski definition) is 2. The molecule has 0 aliphatic heterocycles. The second kappa shape index (κ2) is 5.18. The highest BCUT2D eigenvalue weighted by Gasteiger charge is 2.05. The minimum absolute atomic E-state index is 0.349. The largest absolute Gasteiger partial charge is 0.456 e. The van der Waals surface area contributed by atoms with E-state index < -0.39 is 5.91 Å². The maximum Gasteiger partial charge on any atom is 0.248 e. The number of carbonyl (C=O) groups excluding carboxylic acids is 1. The molecule has 0 radical (unpaired) electrons. The third-order valence-electron chi connectivity index (χ3n) is 2.26. The molecule has 2 aromatic rings. The Bertz CT molecular complexity index is 584. The zero-order chi connectivity index (χ0) is 13.1. The van der Waals surface area contributed by atoms with Gasteiger partial charge in [-0.3, -0.25) is 4.79 Å². The first kappa shape index (κ1) is 12.6. The summed E-state index contributed by atoms with van der Waals surface area (Å²) < 4.78 is 18.9. The first-order valence-electron chi connectivity index (χ1n) is 5.09. The highest BCUT2D eigenvalue weighted by molar-refractivity contribution is 9.10. The molecule has 2 rings (SSSR count). The number of amides is 1. The molecule has 1 amide bonds. The lowest BCUT2D eigenvalue weighted by Crippen LogP contribution is -2.10. The second-order valence-corrected chi connectivity index (χ2v) is 4.42. The molecule has 0 aliphatic carbocycles. The molecule has 5 heteroatoms. The first-order chi connectivity index (χ1) is 8.56. The summed E-state index contributed by atoms with van der Waals surface area (Å²) in [5, 5.41) is 0. The Kier molecular flexibility index (Phi) is 3.62. The van der Waals surface area contributed by atoms with Crippen molar-refractivity contribution in [3.8, 4) is 11.5 Å². The fraction of sp³-hybridized carbons (Fsp3) is 0. The fourth-order valence-corrected chi connectivity index (χ4v) is 1.80. The van der Waals surface area contributed by atoms with Crippen LogP contribution in [0, 0.1) is 5.82 Å². The van der Waals surface area contributed by atoms with Crippen molar-refractivity contribution in [3.63, 3.8) is 0 Å². The predicted molar refractivity (Wildman–Crippen MR) is 69.1 cm³/mol. The van der Waals surface area contributed by atoms with Gasteiger partial charge in [0, 0.05) is 5.56 Å². The molecule has 18 heavy (non-hydrogen) atoms. The van der Waals surface area contributed by atoms with Crippen molar-refractivity contribution in [2.75, 3.05) is 0 Å². The summed E-state index contributed by atoms with van der Waals surface area (Å²) in [5.41, 5.74) is 5.53. The van der Waals surface area contributed by atoms with Gasteiger partial charge < -0.3 is 10.5 Å². The van der Waals surface area contributed by atoms with E-state index in [1.807, 2.05) is 0 Å². The van der Waals surface area contributed by atoms with Crippen molar-refractivity contribution in [3.05, 3.63) is 58.3 Å². The van der Waals surface area contributed by atoms with E-state index in [-0.39, 0.29) is 5.82 Å². The summed E-state index contributed by atoms with van der Waals surface area (Å²) in [5.74, 6) is 0.179. The minimum atomic E-state index is -0.496. The molecule has 0 heterocycles. The van der Waals surface area contributed by atoms with E-state index >= 15 is 0 Å². The fourth-order valence-electron chi connectivity index (χ4n) is 1.37. The van der Waals surface area contributed by atoms with Crippen LogP contribution >= 0.6 is 15.9 Å². The van der Waals surface area contributed by atoms with Gasteiger partial charge in [-0.25, -0.2) is 4.39 Å². The molecule has 3 nitrogen and oxygen atoms in total. The molecule has 0 unspecified atom stereocenters. The molecule has 2 N–H and O–H groups in total. The molecule has 0 aliphatic rings. The molecule has 0 aromatic heterocycles. The lowest BCUT2D eigenvalue weighted by Gasteiger charge is -2.07. The minimum Gasteiger partial charge on any atom is -0.456 e. The van der Waals surface area contributed by atoms with Crippen molar-refractivity contribution in [1.29, 1.82) is 0 Å². The average molecular weight is 310 g/mol. The van der Waals surface area contributed by atoms with E-state index in [0.29, 0.717) is 21.5 Å². The van der Waals surface area contributed by atoms with Gasteiger partial charge in [0.25, 0.3) is 0 Å². The van der Waals surface area contributed by atoms with Crippen molar-refractivity contribution in [2.45, 2.75) is 0 Å². The molecule has 0 saturated carbocycles. The number of rotatable bonds is 3. The van der Waals surface area contributed by atoms with Crippen molar-refractivity contribution < 1.29 is 13.9 Å². The third-order valence-corrected chi connectivity index (χ3v) is 2.88. The van der Waals surface area contributed by atoms with E-state index in [9.17, 15) is 9.18 Å². The van der Waals surface area contributed by atoms with Gasteiger partial charge in [0.05, 0.1) is 4.47 Å². The number of carbonyl (C=O) groups is 1.